The molecule has 2 aromatic carbocycles. The Kier molecular flexibility index (Phi) is 5.43. The van der Waals surface area contributed by atoms with Crippen molar-refractivity contribution in [1.29, 1.82) is 0 Å². The van der Waals surface area contributed by atoms with Crippen LogP contribution in [0.15, 0.2) is 71.8 Å². The van der Waals surface area contributed by atoms with Crippen molar-refractivity contribution in [3.63, 3.8) is 0 Å². The van der Waals surface area contributed by atoms with Crippen molar-refractivity contribution in [2.75, 3.05) is 13.7 Å². The Bertz CT molecular complexity index is 935. The van der Waals surface area contributed by atoms with Gasteiger partial charge in [0.15, 0.2) is 0 Å². The van der Waals surface area contributed by atoms with Gasteiger partial charge in [-0.2, -0.15) is 0 Å². The van der Waals surface area contributed by atoms with Gasteiger partial charge in [-0.3, -0.25) is 14.2 Å². The van der Waals surface area contributed by atoms with Gasteiger partial charge < -0.3 is 10.1 Å². The van der Waals surface area contributed by atoms with Crippen LogP contribution in [0.1, 0.15) is 10.4 Å². The van der Waals surface area contributed by atoms with E-state index in [1.165, 1.54) is 17.0 Å². The average Bonchev–Trinajstić information content (AvgIpc) is 2.69. The van der Waals surface area contributed by atoms with Gasteiger partial charge in [0.25, 0.3) is 11.5 Å². The molecule has 0 atom stereocenters. The van der Waals surface area contributed by atoms with E-state index in [4.69, 9.17) is 4.74 Å². The molecule has 0 spiro atoms. The first-order chi connectivity index (χ1) is 12.7. The number of ether oxygens (including phenoxy) is 1. The number of amides is 1. The Morgan fingerprint density at radius 1 is 1.12 bits per heavy atom. The zero-order valence-corrected chi connectivity index (χ0v) is 14.4. The zero-order chi connectivity index (χ0) is 18.4. The van der Waals surface area contributed by atoms with E-state index in [1.807, 2.05) is 30.3 Å². The number of rotatable bonds is 6. The number of hydrogen-bond acceptors (Lipinski definition) is 4. The number of nitrogens with zero attached hydrogens (tertiary/aromatic N) is 2. The van der Waals surface area contributed by atoms with Crippen LogP contribution in [0.5, 0.6) is 5.75 Å². The highest BCUT2D eigenvalue weighted by Crippen LogP contribution is 2.13. The highest BCUT2D eigenvalue weighted by molar-refractivity contribution is 5.94. The Hall–Kier alpha value is -3.41. The summed E-state index contributed by atoms with van der Waals surface area (Å²) in [6, 6.07) is 17.9. The second-order valence-electron chi connectivity index (χ2n) is 5.66. The molecule has 1 N–H and O–H groups in total. The van der Waals surface area contributed by atoms with Crippen molar-refractivity contribution in [2.45, 2.75) is 6.54 Å². The van der Waals surface area contributed by atoms with Gasteiger partial charge in [-0.05, 0) is 24.3 Å². The molecule has 1 aromatic heterocycles. The van der Waals surface area contributed by atoms with Crippen LogP contribution in [0.25, 0.3) is 11.3 Å². The highest BCUT2D eigenvalue weighted by Gasteiger charge is 2.06. The van der Waals surface area contributed by atoms with Crippen LogP contribution in [-0.4, -0.2) is 29.1 Å². The molecular weight excluding hydrogens is 330 g/mol. The van der Waals surface area contributed by atoms with Gasteiger partial charge in [0, 0.05) is 30.3 Å². The minimum Gasteiger partial charge on any atom is -0.497 e. The summed E-state index contributed by atoms with van der Waals surface area (Å²) in [4.78, 5) is 28.7. The molecule has 0 aliphatic rings. The van der Waals surface area contributed by atoms with E-state index < -0.39 is 0 Å². The topological polar surface area (TPSA) is 73.2 Å². The fourth-order valence-electron chi connectivity index (χ4n) is 2.49. The Balaban J connectivity index is 1.59. The maximum Gasteiger partial charge on any atom is 0.253 e. The number of benzene rings is 2. The molecule has 6 nitrogen and oxygen atoms in total. The normalized spacial score (nSPS) is 10.3. The van der Waals surface area contributed by atoms with Crippen LogP contribution < -0.4 is 15.6 Å². The largest absolute Gasteiger partial charge is 0.497 e. The summed E-state index contributed by atoms with van der Waals surface area (Å²) in [5.74, 6) is 0.493. The van der Waals surface area contributed by atoms with Crippen molar-refractivity contribution in [1.82, 2.24) is 14.9 Å². The first-order valence-corrected chi connectivity index (χ1v) is 8.21. The number of carbonyl (C=O) groups excluding carboxylic acids is 1. The zero-order valence-electron chi connectivity index (χ0n) is 14.4. The standard InChI is InChI=1S/C20H19N3O3/c1-26-17-9-7-16(8-10-17)20(25)21-11-12-23-14-22-18(13-19(23)24)15-5-3-2-4-6-15/h2-10,13-14H,11-12H2,1H3,(H,21,25). The predicted octanol–water partition coefficient (Wildman–Crippen LogP) is 2.35. The first kappa shape index (κ1) is 17.4. The van der Waals surface area contributed by atoms with Crippen LogP contribution in [0.4, 0.5) is 0 Å². The molecule has 0 saturated carbocycles. The lowest BCUT2D eigenvalue weighted by molar-refractivity contribution is 0.0952. The molecule has 0 bridgehead atoms. The highest BCUT2D eigenvalue weighted by atomic mass is 16.5. The smallest absolute Gasteiger partial charge is 0.253 e. The predicted molar refractivity (Wildman–Crippen MR) is 99.3 cm³/mol. The quantitative estimate of drug-likeness (QED) is 0.741. The van der Waals surface area contributed by atoms with Crippen LogP contribution in [-0.2, 0) is 6.54 Å². The van der Waals surface area contributed by atoms with Crippen molar-refractivity contribution >= 4 is 5.91 Å². The van der Waals surface area contributed by atoms with E-state index in [1.54, 1.807) is 31.4 Å². The second kappa shape index (κ2) is 8.11. The Morgan fingerprint density at radius 2 is 1.85 bits per heavy atom. The van der Waals surface area contributed by atoms with Crippen molar-refractivity contribution in [3.05, 3.63) is 82.9 Å². The van der Waals surface area contributed by atoms with Crippen LogP contribution in [0.2, 0.25) is 0 Å². The molecule has 0 fully saturated rings. The van der Waals surface area contributed by atoms with Gasteiger partial charge in [-0.25, -0.2) is 4.98 Å². The summed E-state index contributed by atoms with van der Waals surface area (Å²) in [7, 11) is 1.57. The van der Waals surface area contributed by atoms with Crippen LogP contribution in [0.3, 0.4) is 0 Å². The van der Waals surface area contributed by atoms with Gasteiger partial charge in [0.1, 0.15) is 5.75 Å². The monoisotopic (exact) mass is 349 g/mol. The molecule has 0 saturated heterocycles. The first-order valence-electron chi connectivity index (χ1n) is 8.21. The van der Waals surface area contributed by atoms with E-state index in [-0.39, 0.29) is 11.5 Å². The summed E-state index contributed by atoms with van der Waals surface area (Å²) in [5, 5.41) is 2.79. The van der Waals surface area contributed by atoms with Crippen molar-refractivity contribution in [2.24, 2.45) is 0 Å². The summed E-state index contributed by atoms with van der Waals surface area (Å²) in [5.41, 5.74) is 1.91. The molecule has 0 radical (unpaired) electrons. The lowest BCUT2D eigenvalue weighted by atomic mass is 10.1. The fraction of sp³-hybridized carbons (Fsp3) is 0.150. The van der Waals surface area contributed by atoms with E-state index in [0.717, 1.165) is 5.56 Å². The average molecular weight is 349 g/mol. The van der Waals surface area contributed by atoms with Gasteiger partial charge in [0.05, 0.1) is 19.1 Å². The Morgan fingerprint density at radius 3 is 2.50 bits per heavy atom. The molecule has 0 aliphatic carbocycles. The molecule has 1 amide bonds. The molecule has 0 unspecified atom stereocenters. The van der Waals surface area contributed by atoms with Crippen molar-refractivity contribution < 1.29 is 9.53 Å². The molecule has 3 rings (SSSR count). The van der Waals surface area contributed by atoms with Gasteiger partial charge in [-0.1, -0.05) is 30.3 Å². The fourth-order valence-corrected chi connectivity index (χ4v) is 2.49. The summed E-state index contributed by atoms with van der Waals surface area (Å²) < 4.78 is 6.54. The molecular formula is C20H19N3O3. The number of carbonyl (C=O) groups is 1. The number of hydrogen-bond donors (Lipinski definition) is 1. The third-order valence-electron chi connectivity index (χ3n) is 3.94. The SMILES string of the molecule is COc1ccc(C(=O)NCCn2cnc(-c3ccccc3)cc2=O)cc1. The van der Waals surface area contributed by atoms with Gasteiger partial charge in [0.2, 0.25) is 0 Å². The van der Waals surface area contributed by atoms with E-state index in [0.29, 0.717) is 30.1 Å². The molecule has 6 heteroatoms. The van der Waals surface area contributed by atoms with E-state index in [2.05, 4.69) is 10.3 Å². The minimum atomic E-state index is -0.199. The summed E-state index contributed by atoms with van der Waals surface area (Å²) in [6.45, 7) is 0.680. The lowest BCUT2D eigenvalue weighted by Gasteiger charge is -2.08. The van der Waals surface area contributed by atoms with E-state index in [9.17, 15) is 9.59 Å². The third kappa shape index (κ3) is 4.16. The summed E-state index contributed by atoms with van der Waals surface area (Å²) in [6.07, 6.45) is 1.50. The number of methoxy groups -OCH3 is 1. The maximum absolute atomic E-state index is 12.2. The van der Waals surface area contributed by atoms with E-state index >= 15 is 0 Å². The number of aromatic nitrogens is 2. The van der Waals surface area contributed by atoms with Crippen LogP contribution in [0, 0.1) is 0 Å². The molecule has 0 aliphatic heterocycles. The molecule has 3 aromatic rings. The molecule has 1 heterocycles. The van der Waals surface area contributed by atoms with Crippen LogP contribution >= 0.6 is 0 Å². The van der Waals surface area contributed by atoms with Crippen molar-refractivity contribution in [3.8, 4) is 17.0 Å². The van der Waals surface area contributed by atoms with Gasteiger partial charge in [-0.15, -0.1) is 0 Å². The molecule has 26 heavy (non-hydrogen) atoms. The summed E-state index contributed by atoms with van der Waals surface area (Å²) >= 11 is 0. The molecule has 132 valence electrons. The minimum absolute atomic E-state index is 0.155. The number of nitrogens with one attached hydrogen (secondary N) is 1. The second-order valence-corrected chi connectivity index (χ2v) is 5.66. The third-order valence-corrected chi connectivity index (χ3v) is 3.94. The maximum atomic E-state index is 12.2. The Labute approximate surface area is 151 Å². The van der Waals surface area contributed by atoms with Gasteiger partial charge >= 0.3 is 0 Å². The lowest BCUT2D eigenvalue weighted by Crippen LogP contribution is -2.30.